The van der Waals surface area contributed by atoms with E-state index >= 15 is 0 Å². The first kappa shape index (κ1) is 14.6. The van der Waals surface area contributed by atoms with Crippen LogP contribution >= 0.6 is 34.3 Å². The maximum atomic E-state index is 12.4. The topological polar surface area (TPSA) is 47.2 Å². The van der Waals surface area contributed by atoms with E-state index in [1.807, 2.05) is 54.1 Å². The molecule has 0 aliphatic rings. The van der Waals surface area contributed by atoms with Gasteiger partial charge in [-0.2, -0.15) is 4.99 Å². The van der Waals surface area contributed by atoms with Gasteiger partial charge in [0, 0.05) is 12.1 Å². The van der Waals surface area contributed by atoms with Gasteiger partial charge in [-0.05, 0) is 30.3 Å². The third kappa shape index (κ3) is 2.59. The molecule has 0 aliphatic carbocycles. The molecule has 0 saturated heterocycles. The first-order valence-electron chi connectivity index (χ1n) is 6.81. The van der Waals surface area contributed by atoms with Crippen molar-refractivity contribution in [3.8, 4) is 0 Å². The number of benzene rings is 2. The number of hydrogen-bond acceptors (Lipinski definition) is 4. The predicted molar refractivity (Wildman–Crippen MR) is 95.3 cm³/mol. The molecule has 4 aromatic rings. The van der Waals surface area contributed by atoms with Gasteiger partial charge in [0.1, 0.15) is 0 Å². The summed E-state index contributed by atoms with van der Waals surface area (Å²) in [6.45, 7) is 0. The molecule has 0 atom stereocenters. The summed E-state index contributed by atoms with van der Waals surface area (Å²) in [6, 6.07) is 13.3. The zero-order valence-corrected chi connectivity index (χ0v) is 14.4. The highest BCUT2D eigenvalue weighted by atomic mass is 35.5. The number of fused-ring (bicyclic) bond motifs is 2. The van der Waals surface area contributed by atoms with E-state index in [4.69, 9.17) is 11.6 Å². The largest absolute Gasteiger partial charge is 0.319 e. The van der Waals surface area contributed by atoms with Gasteiger partial charge in [-0.1, -0.05) is 35.1 Å². The fraction of sp³-hybridized carbons (Fsp3) is 0.0625. The SMILES string of the molecule is Cn1c(=NC(=O)c2nc3ccccc3s2)sc2cc(Cl)ccc21. The molecule has 0 N–H and O–H groups in total. The van der Waals surface area contributed by atoms with E-state index in [0.717, 1.165) is 20.4 Å². The monoisotopic (exact) mass is 359 g/mol. The fourth-order valence-corrected chi connectivity index (χ4v) is 4.46. The van der Waals surface area contributed by atoms with Crippen LogP contribution in [0, 0.1) is 0 Å². The Bertz CT molecular complexity index is 1090. The van der Waals surface area contributed by atoms with Crippen molar-refractivity contribution in [2.24, 2.45) is 12.0 Å². The Morgan fingerprint density at radius 3 is 2.83 bits per heavy atom. The van der Waals surface area contributed by atoms with Gasteiger partial charge in [-0.15, -0.1) is 11.3 Å². The van der Waals surface area contributed by atoms with Crippen LogP contribution in [0.2, 0.25) is 5.02 Å². The van der Waals surface area contributed by atoms with Crippen molar-refractivity contribution in [1.82, 2.24) is 9.55 Å². The van der Waals surface area contributed by atoms with Gasteiger partial charge >= 0.3 is 5.91 Å². The number of para-hydroxylation sites is 1. The molecule has 4 nitrogen and oxygen atoms in total. The van der Waals surface area contributed by atoms with Gasteiger partial charge < -0.3 is 4.57 Å². The first-order chi connectivity index (χ1) is 11.1. The van der Waals surface area contributed by atoms with Crippen LogP contribution in [0.1, 0.15) is 9.80 Å². The number of carbonyl (C=O) groups is 1. The van der Waals surface area contributed by atoms with Crippen LogP contribution in [0.3, 0.4) is 0 Å². The van der Waals surface area contributed by atoms with Crippen LogP contribution in [0.25, 0.3) is 20.4 Å². The summed E-state index contributed by atoms with van der Waals surface area (Å²) < 4.78 is 3.87. The molecule has 4 rings (SSSR count). The van der Waals surface area contributed by atoms with Crippen molar-refractivity contribution in [2.75, 3.05) is 0 Å². The van der Waals surface area contributed by atoms with Gasteiger partial charge in [-0.25, -0.2) is 4.98 Å². The Labute approximate surface area is 144 Å². The molecule has 0 saturated carbocycles. The number of nitrogens with zero attached hydrogens (tertiary/aromatic N) is 3. The molecule has 0 spiro atoms. The molecule has 2 aromatic carbocycles. The maximum absolute atomic E-state index is 12.4. The quantitative estimate of drug-likeness (QED) is 0.510. The lowest BCUT2D eigenvalue weighted by Gasteiger charge is -1.94. The summed E-state index contributed by atoms with van der Waals surface area (Å²) in [6.07, 6.45) is 0. The van der Waals surface area contributed by atoms with Gasteiger partial charge in [0.15, 0.2) is 9.81 Å². The first-order valence-corrected chi connectivity index (χ1v) is 8.82. The number of aryl methyl sites for hydroxylation is 1. The van der Waals surface area contributed by atoms with Crippen LogP contribution in [0.5, 0.6) is 0 Å². The van der Waals surface area contributed by atoms with E-state index in [1.54, 1.807) is 0 Å². The smallest absolute Gasteiger partial charge is 0.308 e. The summed E-state index contributed by atoms with van der Waals surface area (Å²) in [5.41, 5.74) is 1.82. The Balaban J connectivity index is 1.83. The average molecular weight is 360 g/mol. The second kappa shape index (κ2) is 5.56. The summed E-state index contributed by atoms with van der Waals surface area (Å²) in [7, 11) is 1.89. The van der Waals surface area contributed by atoms with Gasteiger partial charge in [0.2, 0.25) is 0 Å². The second-order valence-corrected chi connectivity index (χ2v) is 7.44. The third-order valence-electron chi connectivity index (χ3n) is 3.45. The Kier molecular flexibility index (Phi) is 3.52. The molecule has 23 heavy (non-hydrogen) atoms. The molecule has 0 radical (unpaired) electrons. The average Bonchev–Trinajstić information content (AvgIpc) is 3.09. The number of thiazole rings is 2. The normalized spacial score (nSPS) is 12.3. The molecule has 2 aromatic heterocycles. The van der Waals surface area contributed by atoms with Crippen molar-refractivity contribution in [3.63, 3.8) is 0 Å². The summed E-state index contributed by atoms with van der Waals surface area (Å²) in [5.74, 6) is -0.320. The highest BCUT2D eigenvalue weighted by Gasteiger charge is 2.12. The zero-order valence-electron chi connectivity index (χ0n) is 12.0. The molecule has 114 valence electrons. The van der Waals surface area contributed by atoms with Crippen LogP contribution < -0.4 is 4.80 Å². The number of halogens is 1. The van der Waals surface area contributed by atoms with Crippen molar-refractivity contribution in [3.05, 3.63) is 57.3 Å². The lowest BCUT2D eigenvalue weighted by molar-refractivity contribution is 0.0998. The van der Waals surface area contributed by atoms with Crippen molar-refractivity contribution < 1.29 is 4.79 Å². The lowest BCUT2D eigenvalue weighted by Crippen LogP contribution is -2.13. The molecule has 7 heteroatoms. The highest BCUT2D eigenvalue weighted by molar-refractivity contribution is 7.20. The van der Waals surface area contributed by atoms with E-state index in [9.17, 15) is 4.79 Å². The molecule has 1 amide bonds. The standard InChI is InChI=1S/C16H10ClN3OS2/c1-20-11-7-6-9(17)8-13(11)23-16(20)19-14(21)15-18-10-4-2-3-5-12(10)22-15/h2-8H,1H3. The number of hydrogen-bond donors (Lipinski definition) is 0. The number of amides is 1. The summed E-state index contributed by atoms with van der Waals surface area (Å²) in [5, 5.41) is 1.07. The minimum Gasteiger partial charge on any atom is -0.319 e. The summed E-state index contributed by atoms with van der Waals surface area (Å²) in [4.78, 5) is 21.7. The van der Waals surface area contributed by atoms with E-state index in [2.05, 4.69) is 9.98 Å². The minimum atomic E-state index is -0.320. The van der Waals surface area contributed by atoms with Gasteiger partial charge in [0.25, 0.3) is 0 Å². The number of aromatic nitrogens is 2. The van der Waals surface area contributed by atoms with E-state index in [1.165, 1.54) is 22.7 Å². The molecule has 0 unspecified atom stereocenters. The molecular weight excluding hydrogens is 350 g/mol. The molecule has 0 aliphatic heterocycles. The van der Waals surface area contributed by atoms with Gasteiger partial charge in [-0.3, -0.25) is 4.79 Å². The molecule has 0 bridgehead atoms. The van der Waals surface area contributed by atoms with Gasteiger partial charge in [0.05, 0.1) is 20.4 Å². The third-order valence-corrected chi connectivity index (χ3v) is 5.80. The predicted octanol–water partition coefficient (Wildman–Crippen LogP) is 4.24. The zero-order chi connectivity index (χ0) is 16.0. The maximum Gasteiger partial charge on any atom is 0.308 e. The fourth-order valence-electron chi connectivity index (χ4n) is 2.31. The molecular formula is C16H10ClN3OS2. The highest BCUT2D eigenvalue weighted by Crippen LogP contribution is 2.23. The Hall–Kier alpha value is -2.02. The van der Waals surface area contributed by atoms with Crippen molar-refractivity contribution >= 4 is 60.6 Å². The minimum absolute atomic E-state index is 0.320. The summed E-state index contributed by atoms with van der Waals surface area (Å²) >= 11 is 8.81. The lowest BCUT2D eigenvalue weighted by atomic mass is 10.3. The Morgan fingerprint density at radius 1 is 1.17 bits per heavy atom. The van der Waals surface area contributed by atoms with Crippen LogP contribution in [0.15, 0.2) is 47.5 Å². The van der Waals surface area contributed by atoms with Crippen molar-refractivity contribution in [2.45, 2.75) is 0 Å². The number of rotatable bonds is 1. The molecule has 2 heterocycles. The van der Waals surface area contributed by atoms with Crippen LogP contribution in [-0.2, 0) is 7.05 Å². The van der Waals surface area contributed by atoms with E-state index < -0.39 is 0 Å². The van der Waals surface area contributed by atoms with E-state index in [-0.39, 0.29) is 5.91 Å². The van der Waals surface area contributed by atoms with E-state index in [0.29, 0.717) is 14.8 Å². The Morgan fingerprint density at radius 2 is 2.00 bits per heavy atom. The molecule has 0 fully saturated rings. The van der Waals surface area contributed by atoms with Crippen molar-refractivity contribution in [1.29, 1.82) is 0 Å². The van der Waals surface area contributed by atoms with Crippen LogP contribution in [0.4, 0.5) is 0 Å². The second-order valence-electron chi connectivity index (χ2n) is 4.96. The number of carbonyl (C=O) groups excluding carboxylic acids is 1. The van der Waals surface area contributed by atoms with Crippen LogP contribution in [-0.4, -0.2) is 15.5 Å².